The average Bonchev–Trinajstić information content (AvgIpc) is 3.00. The first-order chi connectivity index (χ1) is 13.6. The first-order valence-electron chi connectivity index (χ1n) is 9.63. The van der Waals surface area contributed by atoms with E-state index in [-0.39, 0.29) is 29.1 Å². The quantitative estimate of drug-likeness (QED) is 0.557. The summed E-state index contributed by atoms with van der Waals surface area (Å²) in [5.74, 6) is -1.76. The van der Waals surface area contributed by atoms with E-state index in [1.54, 1.807) is 4.90 Å². The molecular formula is C20H21F4NO4. The fourth-order valence-corrected chi connectivity index (χ4v) is 4.77. The summed E-state index contributed by atoms with van der Waals surface area (Å²) in [5, 5.41) is 0. The topological polar surface area (TPSA) is 55.8 Å². The minimum atomic E-state index is -4.88. The predicted octanol–water partition coefficient (Wildman–Crippen LogP) is 3.77. The molecule has 5 nitrogen and oxygen atoms in total. The van der Waals surface area contributed by atoms with Crippen LogP contribution in [0.5, 0.6) is 5.75 Å². The summed E-state index contributed by atoms with van der Waals surface area (Å²) in [4.78, 5) is 25.8. The highest BCUT2D eigenvalue weighted by Crippen LogP contribution is 2.52. The van der Waals surface area contributed by atoms with Gasteiger partial charge in [0.1, 0.15) is 11.6 Å². The predicted molar refractivity (Wildman–Crippen MR) is 92.4 cm³/mol. The van der Waals surface area contributed by atoms with Crippen molar-refractivity contribution in [3.8, 4) is 5.75 Å². The Kier molecular flexibility index (Phi) is 4.94. The van der Waals surface area contributed by atoms with Gasteiger partial charge in [0.25, 0.3) is 0 Å². The van der Waals surface area contributed by atoms with Crippen molar-refractivity contribution in [1.82, 2.24) is 4.90 Å². The Morgan fingerprint density at radius 1 is 1.17 bits per heavy atom. The van der Waals surface area contributed by atoms with E-state index < -0.39 is 17.9 Å². The highest BCUT2D eigenvalue weighted by atomic mass is 19.4. The minimum Gasteiger partial charge on any atom is -0.465 e. The molecule has 158 valence electrons. The van der Waals surface area contributed by atoms with Crippen molar-refractivity contribution in [3.63, 3.8) is 0 Å². The lowest BCUT2D eigenvalue weighted by Crippen LogP contribution is -2.49. The van der Waals surface area contributed by atoms with Gasteiger partial charge in [-0.3, -0.25) is 9.59 Å². The van der Waals surface area contributed by atoms with Crippen LogP contribution in [-0.4, -0.2) is 42.8 Å². The van der Waals surface area contributed by atoms with Crippen molar-refractivity contribution in [2.24, 2.45) is 11.3 Å². The van der Waals surface area contributed by atoms with Crippen LogP contribution in [0.2, 0.25) is 0 Å². The Morgan fingerprint density at radius 3 is 2.45 bits per heavy atom. The number of hydrogen-bond acceptors (Lipinski definition) is 4. The molecule has 2 heterocycles. The molecule has 1 amide bonds. The summed E-state index contributed by atoms with van der Waals surface area (Å²) in [5.41, 5.74) is 0.271. The number of rotatable bonds is 3. The maximum absolute atomic E-state index is 13.7. The summed E-state index contributed by atoms with van der Waals surface area (Å²) in [7, 11) is 0. The van der Waals surface area contributed by atoms with Gasteiger partial charge in [0.2, 0.25) is 5.91 Å². The van der Waals surface area contributed by atoms with Crippen LogP contribution in [0.1, 0.15) is 43.6 Å². The summed E-state index contributed by atoms with van der Waals surface area (Å²) >= 11 is 0. The number of piperidine rings is 1. The third kappa shape index (κ3) is 4.33. The van der Waals surface area contributed by atoms with Crippen molar-refractivity contribution in [1.29, 1.82) is 0 Å². The molecule has 1 spiro atoms. The molecule has 0 unspecified atom stereocenters. The second kappa shape index (κ2) is 7.18. The summed E-state index contributed by atoms with van der Waals surface area (Å²) in [6.45, 7) is 1.32. The van der Waals surface area contributed by atoms with Crippen LogP contribution in [0.4, 0.5) is 17.6 Å². The second-order valence-electron chi connectivity index (χ2n) is 8.31. The smallest absolute Gasteiger partial charge is 0.465 e. The van der Waals surface area contributed by atoms with E-state index in [0.717, 1.165) is 0 Å². The zero-order chi connectivity index (χ0) is 20.8. The Bertz CT molecular complexity index is 811. The lowest BCUT2D eigenvalue weighted by Gasteiger charge is -2.45. The molecule has 0 bridgehead atoms. The third-order valence-electron chi connectivity index (χ3n) is 6.17. The number of benzene rings is 1. The van der Waals surface area contributed by atoms with Crippen molar-refractivity contribution >= 4 is 11.9 Å². The molecule has 1 aromatic rings. The first kappa shape index (κ1) is 20.0. The molecule has 0 atom stereocenters. The minimum absolute atomic E-state index is 0.0498. The van der Waals surface area contributed by atoms with E-state index in [1.807, 2.05) is 0 Å². The lowest BCUT2D eigenvalue weighted by atomic mass is 9.61. The number of hydrogen-bond donors (Lipinski definition) is 0. The van der Waals surface area contributed by atoms with Crippen molar-refractivity contribution < 1.29 is 36.6 Å². The molecule has 1 aromatic carbocycles. The molecule has 3 fully saturated rings. The van der Waals surface area contributed by atoms with Gasteiger partial charge in [0, 0.05) is 30.5 Å². The van der Waals surface area contributed by atoms with Gasteiger partial charge < -0.3 is 14.4 Å². The van der Waals surface area contributed by atoms with E-state index in [0.29, 0.717) is 63.4 Å². The molecule has 2 saturated heterocycles. The number of carbonyl (C=O) groups excluding carboxylic acids is 2. The maximum atomic E-state index is 13.7. The number of halogens is 4. The van der Waals surface area contributed by atoms with Crippen LogP contribution in [0.3, 0.4) is 0 Å². The standard InChI is InChI=1S/C20H21F4NO4/c21-15-5-13(6-16(7-15)29-20(22,23)24)12-1-3-25(4-2-12)18(27)14-8-19(9-14)10-17(26)28-11-19/h5-7,12,14H,1-4,8-11H2. The Hall–Kier alpha value is -2.32. The molecule has 0 N–H and O–H groups in total. The van der Waals surface area contributed by atoms with Gasteiger partial charge in [-0.1, -0.05) is 0 Å². The number of likely N-dealkylation sites (tertiary alicyclic amines) is 1. The van der Waals surface area contributed by atoms with E-state index in [4.69, 9.17) is 4.74 Å². The fraction of sp³-hybridized carbons (Fsp3) is 0.600. The van der Waals surface area contributed by atoms with Gasteiger partial charge in [-0.25, -0.2) is 4.39 Å². The van der Waals surface area contributed by atoms with Gasteiger partial charge in [-0.2, -0.15) is 0 Å². The first-order valence-corrected chi connectivity index (χ1v) is 9.63. The largest absolute Gasteiger partial charge is 0.573 e. The molecule has 2 aliphatic heterocycles. The van der Waals surface area contributed by atoms with Crippen LogP contribution in [0.25, 0.3) is 0 Å². The van der Waals surface area contributed by atoms with Gasteiger partial charge >= 0.3 is 12.3 Å². The molecule has 3 aliphatic rings. The molecule has 1 saturated carbocycles. The van der Waals surface area contributed by atoms with Crippen molar-refractivity contribution in [2.75, 3.05) is 19.7 Å². The number of nitrogens with zero attached hydrogens (tertiary/aromatic N) is 1. The molecule has 1 aliphatic carbocycles. The van der Waals surface area contributed by atoms with Gasteiger partial charge in [-0.05, 0) is 49.3 Å². The summed E-state index contributed by atoms with van der Waals surface area (Å²) in [6, 6.07) is 3.14. The normalized spacial score (nSPS) is 27.7. The molecule has 9 heteroatoms. The van der Waals surface area contributed by atoms with Crippen molar-refractivity contribution in [2.45, 2.75) is 44.4 Å². The number of cyclic esters (lactones) is 1. The van der Waals surface area contributed by atoms with E-state index in [9.17, 15) is 27.2 Å². The van der Waals surface area contributed by atoms with E-state index >= 15 is 0 Å². The van der Waals surface area contributed by atoms with Crippen LogP contribution in [-0.2, 0) is 14.3 Å². The molecular weight excluding hydrogens is 394 g/mol. The number of carbonyl (C=O) groups is 2. The molecule has 4 rings (SSSR count). The van der Waals surface area contributed by atoms with Crippen molar-refractivity contribution in [3.05, 3.63) is 29.6 Å². The average molecular weight is 415 g/mol. The van der Waals surface area contributed by atoms with E-state index in [2.05, 4.69) is 4.74 Å². The fourth-order valence-electron chi connectivity index (χ4n) is 4.77. The third-order valence-corrected chi connectivity index (χ3v) is 6.17. The Labute approximate surface area is 164 Å². The van der Waals surface area contributed by atoms with Gasteiger partial charge in [0.15, 0.2) is 0 Å². The second-order valence-corrected chi connectivity index (χ2v) is 8.31. The summed E-state index contributed by atoms with van der Waals surface area (Å²) in [6.07, 6.45) is -2.12. The highest BCUT2D eigenvalue weighted by Gasteiger charge is 2.53. The summed E-state index contributed by atoms with van der Waals surface area (Å²) < 4.78 is 59.9. The Morgan fingerprint density at radius 2 is 1.86 bits per heavy atom. The highest BCUT2D eigenvalue weighted by molar-refractivity contribution is 5.81. The number of ether oxygens (including phenoxy) is 2. The lowest BCUT2D eigenvalue weighted by molar-refractivity contribution is -0.274. The van der Waals surface area contributed by atoms with Gasteiger partial charge in [0.05, 0.1) is 13.0 Å². The monoisotopic (exact) mass is 415 g/mol. The van der Waals surface area contributed by atoms with Crippen LogP contribution >= 0.6 is 0 Å². The molecule has 0 radical (unpaired) electrons. The molecule has 0 aromatic heterocycles. The zero-order valence-corrected chi connectivity index (χ0v) is 15.6. The number of esters is 1. The maximum Gasteiger partial charge on any atom is 0.573 e. The van der Waals surface area contributed by atoms with Crippen LogP contribution in [0, 0.1) is 17.2 Å². The number of alkyl halides is 3. The van der Waals surface area contributed by atoms with Crippen LogP contribution in [0.15, 0.2) is 18.2 Å². The SMILES string of the molecule is O=C1CC2(CO1)CC(C(=O)N1CCC(c3cc(F)cc(OC(F)(F)F)c3)CC1)C2. The van der Waals surface area contributed by atoms with Crippen LogP contribution < -0.4 is 4.74 Å². The Balaban J connectivity index is 1.33. The number of amides is 1. The zero-order valence-electron chi connectivity index (χ0n) is 15.6. The molecule has 29 heavy (non-hydrogen) atoms. The van der Waals surface area contributed by atoms with Gasteiger partial charge in [-0.15, -0.1) is 13.2 Å². The van der Waals surface area contributed by atoms with E-state index in [1.165, 1.54) is 12.1 Å².